The van der Waals surface area contributed by atoms with Crippen molar-refractivity contribution in [3.8, 4) is 11.1 Å². The van der Waals surface area contributed by atoms with Crippen LogP contribution in [0.1, 0.15) is 0 Å². The van der Waals surface area contributed by atoms with Gasteiger partial charge >= 0.3 is 0 Å². The number of aromatic nitrogens is 1. The first kappa shape index (κ1) is 14.6. The second-order valence-electron chi connectivity index (χ2n) is 7.11. The van der Waals surface area contributed by atoms with Crippen LogP contribution in [0.4, 0.5) is 0 Å². The third-order valence-corrected chi connectivity index (χ3v) is 5.62. The Hall–Kier alpha value is -3.58. The van der Waals surface area contributed by atoms with E-state index in [9.17, 15) is 0 Å². The van der Waals surface area contributed by atoms with E-state index in [2.05, 4.69) is 102 Å². The van der Waals surface area contributed by atoms with Crippen LogP contribution < -0.4 is 0 Å². The number of rotatable bonds is 1. The molecular formula is C26H17N. The molecule has 0 radical (unpaired) electrons. The number of H-pyrrole nitrogens is 1. The zero-order valence-electron chi connectivity index (χ0n) is 14.7. The van der Waals surface area contributed by atoms with E-state index in [0.717, 1.165) is 0 Å². The molecule has 126 valence electrons. The Morgan fingerprint density at radius 2 is 1.15 bits per heavy atom. The van der Waals surface area contributed by atoms with Crippen molar-refractivity contribution in [2.45, 2.75) is 0 Å². The maximum Gasteiger partial charge on any atom is 0.0546 e. The second kappa shape index (κ2) is 5.46. The molecule has 1 heteroatoms. The molecule has 0 unspecified atom stereocenters. The van der Waals surface area contributed by atoms with Crippen LogP contribution in [-0.4, -0.2) is 4.98 Å². The van der Waals surface area contributed by atoms with E-state index in [4.69, 9.17) is 0 Å². The molecule has 0 spiro atoms. The predicted octanol–water partition coefficient (Wildman–Crippen LogP) is 7.29. The molecule has 0 bridgehead atoms. The van der Waals surface area contributed by atoms with Crippen molar-refractivity contribution in [2.24, 2.45) is 0 Å². The molecule has 0 aliphatic rings. The lowest BCUT2D eigenvalue weighted by Gasteiger charge is -2.09. The van der Waals surface area contributed by atoms with Crippen molar-refractivity contribution in [1.29, 1.82) is 0 Å². The van der Waals surface area contributed by atoms with Crippen molar-refractivity contribution in [1.82, 2.24) is 4.98 Å². The largest absolute Gasteiger partial charge is 0.360 e. The molecule has 0 atom stereocenters. The Morgan fingerprint density at radius 3 is 1.96 bits per heavy atom. The monoisotopic (exact) mass is 343 g/mol. The lowest BCUT2D eigenvalue weighted by molar-refractivity contribution is 1.49. The highest BCUT2D eigenvalue weighted by Gasteiger charge is 2.14. The van der Waals surface area contributed by atoms with Crippen LogP contribution in [0.5, 0.6) is 0 Å². The Labute approximate surface area is 156 Å². The van der Waals surface area contributed by atoms with Crippen molar-refractivity contribution >= 4 is 43.2 Å². The summed E-state index contributed by atoms with van der Waals surface area (Å²) in [5, 5.41) is 9.04. The summed E-state index contributed by atoms with van der Waals surface area (Å²) in [7, 11) is 0. The molecule has 6 rings (SSSR count). The summed E-state index contributed by atoms with van der Waals surface area (Å²) in [6, 6.07) is 32.7. The van der Waals surface area contributed by atoms with Crippen LogP contribution in [-0.2, 0) is 0 Å². The summed E-state index contributed by atoms with van der Waals surface area (Å²) in [4.78, 5) is 3.57. The first-order valence-corrected chi connectivity index (χ1v) is 9.30. The minimum absolute atomic E-state index is 1.22. The quantitative estimate of drug-likeness (QED) is 0.302. The molecule has 1 N–H and O–H groups in total. The standard InChI is InChI=1S/C26H17N/c1-2-8-18-15-19(14-13-17(18)7-1)24-16-27-26-23-12-6-4-10-21(23)20-9-3-5-11-22(20)25(24)26/h1-16,27H. The molecule has 1 aromatic heterocycles. The van der Waals surface area contributed by atoms with Crippen molar-refractivity contribution in [2.75, 3.05) is 0 Å². The fourth-order valence-corrected chi connectivity index (χ4v) is 4.37. The Kier molecular flexibility index (Phi) is 2.95. The second-order valence-corrected chi connectivity index (χ2v) is 7.11. The maximum absolute atomic E-state index is 3.57. The first-order valence-electron chi connectivity index (χ1n) is 9.30. The van der Waals surface area contributed by atoms with Crippen molar-refractivity contribution < 1.29 is 0 Å². The Balaban J connectivity index is 1.78. The molecule has 0 aliphatic carbocycles. The van der Waals surface area contributed by atoms with Gasteiger partial charge < -0.3 is 4.98 Å². The molecule has 0 amide bonds. The van der Waals surface area contributed by atoms with Crippen LogP contribution in [0.3, 0.4) is 0 Å². The Morgan fingerprint density at radius 1 is 0.519 bits per heavy atom. The number of fused-ring (bicyclic) bond motifs is 7. The van der Waals surface area contributed by atoms with Gasteiger partial charge in [0.25, 0.3) is 0 Å². The number of hydrogen-bond donors (Lipinski definition) is 1. The summed E-state index contributed by atoms with van der Waals surface area (Å²) in [5.41, 5.74) is 3.73. The molecule has 5 aromatic carbocycles. The van der Waals surface area contributed by atoms with Crippen LogP contribution in [0.25, 0.3) is 54.3 Å². The predicted molar refractivity (Wildman–Crippen MR) is 116 cm³/mol. The van der Waals surface area contributed by atoms with Gasteiger partial charge in [-0.3, -0.25) is 0 Å². The van der Waals surface area contributed by atoms with E-state index >= 15 is 0 Å². The summed E-state index contributed by atoms with van der Waals surface area (Å²) >= 11 is 0. The van der Waals surface area contributed by atoms with Crippen molar-refractivity contribution in [3.05, 3.63) is 97.2 Å². The number of benzene rings is 5. The van der Waals surface area contributed by atoms with E-state index in [-0.39, 0.29) is 0 Å². The topological polar surface area (TPSA) is 15.8 Å². The van der Waals surface area contributed by atoms with Gasteiger partial charge in [0.15, 0.2) is 0 Å². The lowest BCUT2D eigenvalue weighted by Crippen LogP contribution is -1.83. The average Bonchev–Trinajstić information content (AvgIpc) is 3.19. The third-order valence-electron chi connectivity index (χ3n) is 5.62. The van der Waals surface area contributed by atoms with Gasteiger partial charge in [-0.05, 0) is 38.6 Å². The first-order chi connectivity index (χ1) is 13.4. The Bertz CT molecular complexity index is 1470. The van der Waals surface area contributed by atoms with Gasteiger partial charge in [0.2, 0.25) is 0 Å². The summed E-state index contributed by atoms with van der Waals surface area (Å²) in [6.45, 7) is 0. The van der Waals surface area contributed by atoms with Gasteiger partial charge in [0.1, 0.15) is 0 Å². The normalized spacial score (nSPS) is 11.7. The molecule has 0 saturated carbocycles. The van der Waals surface area contributed by atoms with E-state index in [1.165, 1.54) is 54.3 Å². The minimum Gasteiger partial charge on any atom is -0.360 e. The zero-order valence-corrected chi connectivity index (χ0v) is 14.7. The van der Waals surface area contributed by atoms with Crippen LogP contribution in [0.15, 0.2) is 97.2 Å². The molecule has 1 nitrogen and oxygen atoms in total. The molecular weight excluding hydrogens is 326 g/mol. The average molecular weight is 343 g/mol. The molecule has 0 fully saturated rings. The number of hydrogen-bond acceptors (Lipinski definition) is 0. The molecule has 0 aliphatic heterocycles. The van der Waals surface area contributed by atoms with Gasteiger partial charge in [-0.2, -0.15) is 0 Å². The van der Waals surface area contributed by atoms with Gasteiger partial charge in [0, 0.05) is 22.5 Å². The van der Waals surface area contributed by atoms with E-state index in [1.54, 1.807) is 0 Å². The minimum atomic E-state index is 1.22. The van der Waals surface area contributed by atoms with Crippen LogP contribution in [0, 0.1) is 0 Å². The third kappa shape index (κ3) is 2.06. The SMILES string of the molecule is c1ccc2cc(-c3c[nH]c4c5ccccc5c5ccccc5c34)ccc2c1. The van der Waals surface area contributed by atoms with E-state index in [0.29, 0.717) is 0 Å². The smallest absolute Gasteiger partial charge is 0.0546 e. The highest BCUT2D eigenvalue weighted by molar-refractivity contribution is 6.27. The summed E-state index contributed by atoms with van der Waals surface area (Å²) in [5.74, 6) is 0. The molecule has 1 heterocycles. The van der Waals surface area contributed by atoms with Crippen LogP contribution in [0.2, 0.25) is 0 Å². The van der Waals surface area contributed by atoms with Gasteiger partial charge in [-0.25, -0.2) is 0 Å². The van der Waals surface area contributed by atoms with Gasteiger partial charge in [-0.1, -0.05) is 84.9 Å². The van der Waals surface area contributed by atoms with Gasteiger partial charge in [-0.15, -0.1) is 0 Å². The van der Waals surface area contributed by atoms with Crippen LogP contribution >= 0.6 is 0 Å². The maximum atomic E-state index is 3.57. The summed E-state index contributed by atoms with van der Waals surface area (Å²) in [6.07, 6.45) is 2.16. The highest BCUT2D eigenvalue weighted by Crippen LogP contribution is 2.40. The highest BCUT2D eigenvalue weighted by atomic mass is 14.7. The van der Waals surface area contributed by atoms with E-state index < -0.39 is 0 Å². The number of nitrogens with one attached hydrogen (secondary N) is 1. The van der Waals surface area contributed by atoms with E-state index in [1.807, 2.05) is 0 Å². The lowest BCUT2D eigenvalue weighted by atomic mass is 9.94. The van der Waals surface area contributed by atoms with Gasteiger partial charge in [0.05, 0.1) is 5.52 Å². The summed E-state index contributed by atoms with van der Waals surface area (Å²) < 4.78 is 0. The zero-order chi connectivity index (χ0) is 17.8. The molecule has 27 heavy (non-hydrogen) atoms. The fraction of sp³-hybridized carbons (Fsp3) is 0. The molecule has 6 aromatic rings. The molecule has 0 saturated heterocycles. The van der Waals surface area contributed by atoms with Crippen molar-refractivity contribution in [3.63, 3.8) is 0 Å². The number of aromatic amines is 1. The fourth-order valence-electron chi connectivity index (χ4n) is 4.37.